The summed E-state index contributed by atoms with van der Waals surface area (Å²) in [6.07, 6.45) is -0.552. The first-order valence-corrected chi connectivity index (χ1v) is 7.06. The first-order valence-electron chi connectivity index (χ1n) is 5.57. The lowest BCUT2D eigenvalue weighted by molar-refractivity contribution is 0.0320. The number of nitrogens with two attached hydrogens (primary N) is 1. The van der Waals surface area contributed by atoms with E-state index in [1.54, 1.807) is 0 Å². The van der Waals surface area contributed by atoms with Crippen LogP contribution in [0, 0.1) is 11.6 Å². The normalized spacial score (nSPS) is 13.4. The second kappa shape index (κ2) is 6.93. The van der Waals surface area contributed by atoms with Crippen molar-refractivity contribution in [2.75, 3.05) is 33.1 Å². The molecule has 0 saturated heterocycles. The molecule has 0 amide bonds. The summed E-state index contributed by atoms with van der Waals surface area (Å²) >= 11 is 0. The topological polar surface area (TPSA) is 90.7 Å². The van der Waals surface area contributed by atoms with Gasteiger partial charge in [-0.15, -0.1) is 0 Å². The van der Waals surface area contributed by atoms with Gasteiger partial charge < -0.3 is 15.2 Å². The molecule has 0 aromatic heterocycles. The number of nitrogen functional groups attached to an aromatic ring is 1. The molecule has 1 unspecified atom stereocenters. The molecule has 0 spiro atoms. The molecule has 0 aliphatic heterocycles. The third-order valence-corrected chi connectivity index (χ3v) is 3.92. The van der Waals surface area contributed by atoms with Gasteiger partial charge in [-0.3, -0.25) is 0 Å². The van der Waals surface area contributed by atoms with E-state index in [0.29, 0.717) is 6.07 Å². The highest BCUT2D eigenvalue weighted by molar-refractivity contribution is 7.89. The van der Waals surface area contributed by atoms with Crippen LogP contribution in [-0.4, -0.2) is 41.9 Å². The zero-order chi connectivity index (χ0) is 15.3. The van der Waals surface area contributed by atoms with Crippen LogP contribution in [0.4, 0.5) is 14.5 Å². The predicted octanol–water partition coefficient (Wildman–Crippen LogP) is 0.487. The van der Waals surface area contributed by atoms with Gasteiger partial charge in [0.05, 0.1) is 12.7 Å². The number of benzene rings is 1. The fraction of sp³-hybridized carbons (Fsp3) is 0.455. The standard InChI is InChI=1S/C11H16F2N2O4S/c1-18-6-8(19-2)5-15-20(16,17)10-4-7(14)3-9(12)11(10)13/h3-4,8,15H,5-6,14H2,1-2H3. The maximum atomic E-state index is 13.5. The molecule has 114 valence electrons. The maximum Gasteiger partial charge on any atom is 0.243 e. The van der Waals surface area contributed by atoms with Crippen LogP contribution in [0.3, 0.4) is 0 Å². The van der Waals surface area contributed by atoms with E-state index in [9.17, 15) is 17.2 Å². The molecule has 20 heavy (non-hydrogen) atoms. The smallest absolute Gasteiger partial charge is 0.243 e. The minimum Gasteiger partial charge on any atom is -0.399 e. The Hall–Kier alpha value is -1.29. The average Bonchev–Trinajstić information content (AvgIpc) is 2.38. The lowest BCUT2D eigenvalue weighted by Crippen LogP contribution is -2.36. The number of nitrogens with one attached hydrogen (secondary N) is 1. The van der Waals surface area contributed by atoms with Crippen LogP contribution >= 0.6 is 0 Å². The summed E-state index contributed by atoms with van der Waals surface area (Å²) in [7, 11) is -1.44. The van der Waals surface area contributed by atoms with Gasteiger partial charge in [0, 0.05) is 26.5 Å². The molecule has 1 aromatic rings. The third kappa shape index (κ3) is 4.10. The van der Waals surface area contributed by atoms with E-state index in [1.165, 1.54) is 14.2 Å². The number of ether oxygens (including phenoxy) is 2. The number of halogens is 2. The van der Waals surface area contributed by atoms with Crippen molar-refractivity contribution in [1.29, 1.82) is 0 Å². The maximum absolute atomic E-state index is 13.5. The highest BCUT2D eigenvalue weighted by Crippen LogP contribution is 2.20. The Bertz CT molecular complexity index is 566. The fourth-order valence-electron chi connectivity index (χ4n) is 1.46. The lowest BCUT2D eigenvalue weighted by atomic mass is 10.3. The second-order valence-corrected chi connectivity index (χ2v) is 5.72. The number of sulfonamides is 1. The number of hydrogen-bond acceptors (Lipinski definition) is 5. The molecule has 1 rings (SSSR count). The van der Waals surface area contributed by atoms with Gasteiger partial charge in [0.25, 0.3) is 0 Å². The minimum absolute atomic E-state index is 0.146. The molecule has 1 aromatic carbocycles. The van der Waals surface area contributed by atoms with Gasteiger partial charge in [-0.05, 0) is 12.1 Å². The average molecular weight is 310 g/mol. The summed E-state index contributed by atoms with van der Waals surface area (Å²) in [6.45, 7) is -0.00464. The molecule has 9 heteroatoms. The predicted molar refractivity (Wildman–Crippen MR) is 68.6 cm³/mol. The minimum atomic E-state index is -4.24. The van der Waals surface area contributed by atoms with Crippen molar-refractivity contribution in [3.8, 4) is 0 Å². The van der Waals surface area contributed by atoms with Crippen LogP contribution in [0.2, 0.25) is 0 Å². The van der Waals surface area contributed by atoms with Crippen molar-refractivity contribution >= 4 is 15.7 Å². The largest absolute Gasteiger partial charge is 0.399 e. The van der Waals surface area contributed by atoms with Crippen LogP contribution < -0.4 is 10.5 Å². The fourth-order valence-corrected chi connectivity index (χ4v) is 2.64. The van der Waals surface area contributed by atoms with E-state index >= 15 is 0 Å². The monoisotopic (exact) mass is 310 g/mol. The van der Waals surface area contributed by atoms with Crippen LogP contribution in [-0.2, 0) is 19.5 Å². The van der Waals surface area contributed by atoms with Gasteiger partial charge in [-0.1, -0.05) is 0 Å². The number of hydrogen-bond donors (Lipinski definition) is 2. The summed E-state index contributed by atoms with van der Waals surface area (Å²) in [5.41, 5.74) is 5.12. The Morgan fingerprint density at radius 1 is 1.35 bits per heavy atom. The first-order chi connectivity index (χ1) is 9.31. The lowest BCUT2D eigenvalue weighted by Gasteiger charge is -2.15. The Morgan fingerprint density at radius 3 is 2.55 bits per heavy atom. The second-order valence-electron chi connectivity index (χ2n) is 3.98. The van der Waals surface area contributed by atoms with Crippen LogP contribution in [0.1, 0.15) is 0 Å². The molecule has 1 atom stereocenters. The molecular weight excluding hydrogens is 294 g/mol. The van der Waals surface area contributed by atoms with Crippen molar-refractivity contribution in [3.63, 3.8) is 0 Å². The SMILES string of the molecule is COCC(CNS(=O)(=O)c1cc(N)cc(F)c1F)OC. The summed E-state index contributed by atoms with van der Waals surface area (Å²) in [6, 6.07) is 1.55. The van der Waals surface area contributed by atoms with E-state index in [2.05, 4.69) is 4.72 Å². The number of rotatable bonds is 7. The van der Waals surface area contributed by atoms with Gasteiger partial charge in [0.2, 0.25) is 10.0 Å². The molecule has 0 aliphatic carbocycles. The van der Waals surface area contributed by atoms with Gasteiger partial charge in [0.15, 0.2) is 11.6 Å². The molecule has 3 N–H and O–H groups in total. The van der Waals surface area contributed by atoms with Crippen molar-refractivity contribution in [2.45, 2.75) is 11.0 Å². The van der Waals surface area contributed by atoms with Gasteiger partial charge >= 0.3 is 0 Å². The van der Waals surface area contributed by atoms with Crippen LogP contribution in [0.15, 0.2) is 17.0 Å². The quantitative estimate of drug-likeness (QED) is 0.715. The van der Waals surface area contributed by atoms with Gasteiger partial charge in [-0.25, -0.2) is 21.9 Å². The summed E-state index contributed by atoms with van der Waals surface area (Å²) in [4.78, 5) is -0.845. The van der Waals surface area contributed by atoms with E-state index in [-0.39, 0.29) is 18.8 Å². The summed E-state index contributed by atoms with van der Waals surface area (Å²) in [5.74, 6) is -2.81. The van der Waals surface area contributed by atoms with E-state index in [1.807, 2.05) is 0 Å². The van der Waals surface area contributed by atoms with Crippen molar-refractivity contribution in [1.82, 2.24) is 4.72 Å². The van der Waals surface area contributed by atoms with Gasteiger partial charge in [-0.2, -0.15) is 0 Å². The molecule has 0 aliphatic rings. The first kappa shape index (κ1) is 16.8. The highest BCUT2D eigenvalue weighted by Gasteiger charge is 2.23. The molecule has 0 bridgehead atoms. The molecule has 0 saturated carbocycles. The molecule has 0 heterocycles. The van der Waals surface area contributed by atoms with E-state index in [4.69, 9.17) is 15.2 Å². The van der Waals surface area contributed by atoms with Crippen molar-refractivity contribution in [3.05, 3.63) is 23.8 Å². The Labute approximate surface area is 115 Å². The van der Waals surface area contributed by atoms with E-state index < -0.39 is 32.7 Å². The Balaban J connectivity index is 2.94. The van der Waals surface area contributed by atoms with Crippen molar-refractivity contribution < 1.29 is 26.7 Å². The summed E-state index contributed by atoms with van der Waals surface area (Å²) in [5, 5.41) is 0. The van der Waals surface area contributed by atoms with E-state index in [0.717, 1.165) is 6.07 Å². The summed E-state index contributed by atoms with van der Waals surface area (Å²) < 4.78 is 62.4. The molecule has 6 nitrogen and oxygen atoms in total. The van der Waals surface area contributed by atoms with Crippen molar-refractivity contribution in [2.24, 2.45) is 0 Å². The Kier molecular flexibility index (Phi) is 5.81. The number of methoxy groups -OCH3 is 2. The van der Waals surface area contributed by atoms with Crippen LogP contribution in [0.5, 0.6) is 0 Å². The number of anilines is 1. The zero-order valence-corrected chi connectivity index (χ0v) is 11.8. The molecular formula is C11H16F2N2O4S. The zero-order valence-electron chi connectivity index (χ0n) is 11.0. The van der Waals surface area contributed by atoms with Crippen LogP contribution in [0.25, 0.3) is 0 Å². The molecule has 0 fully saturated rings. The third-order valence-electron chi connectivity index (χ3n) is 2.49. The van der Waals surface area contributed by atoms with Gasteiger partial charge in [0.1, 0.15) is 4.90 Å². The molecule has 0 radical (unpaired) electrons. The Morgan fingerprint density at radius 2 is 2.00 bits per heavy atom. The highest BCUT2D eigenvalue weighted by atomic mass is 32.2.